The van der Waals surface area contributed by atoms with Gasteiger partial charge < -0.3 is 11.1 Å². The van der Waals surface area contributed by atoms with E-state index >= 15 is 0 Å². The summed E-state index contributed by atoms with van der Waals surface area (Å²) in [5.74, 6) is 0. The Kier molecular flexibility index (Phi) is 3.10. The lowest BCUT2D eigenvalue weighted by Gasteiger charge is -2.14. The van der Waals surface area contributed by atoms with Crippen molar-refractivity contribution in [3.05, 3.63) is 48.3 Å². The maximum Gasteiger partial charge on any atom is 0.435 e. The number of benzene rings is 1. The number of nitrogen functional groups attached to an aromatic ring is 1. The number of rotatable bonds is 2. The van der Waals surface area contributed by atoms with Crippen LogP contribution in [0.25, 0.3) is 0 Å². The second-order valence-corrected chi connectivity index (χ2v) is 3.61. The van der Waals surface area contributed by atoms with Gasteiger partial charge in [-0.1, -0.05) is 12.1 Å². The first-order valence-electron chi connectivity index (χ1n) is 5.12. The van der Waals surface area contributed by atoms with Crippen LogP contribution in [0.2, 0.25) is 0 Å². The Morgan fingerprint density at radius 3 is 2.33 bits per heavy atom. The topological polar surface area (TPSA) is 50.9 Å². The molecule has 0 aliphatic heterocycles. The average molecular weight is 253 g/mol. The molecule has 2 aromatic rings. The van der Waals surface area contributed by atoms with E-state index in [4.69, 9.17) is 5.73 Å². The normalized spacial score (nSPS) is 11.3. The Balaban J connectivity index is 2.39. The zero-order valence-electron chi connectivity index (χ0n) is 9.20. The molecule has 2 rings (SSSR count). The van der Waals surface area contributed by atoms with E-state index in [-0.39, 0.29) is 5.69 Å². The number of anilines is 3. The van der Waals surface area contributed by atoms with Crippen molar-refractivity contribution in [1.29, 1.82) is 0 Å². The fourth-order valence-electron chi connectivity index (χ4n) is 1.49. The van der Waals surface area contributed by atoms with E-state index in [1.807, 2.05) is 0 Å². The second kappa shape index (κ2) is 4.56. The molecule has 1 aromatic carbocycles. The molecule has 0 atom stereocenters. The number of nitrogens with zero attached hydrogens (tertiary/aromatic N) is 1. The van der Waals surface area contributed by atoms with Crippen molar-refractivity contribution in [2.75, 3.05) is 11.1 Å². The van der Waals surface area contributed by atoms with Crippen molar-refractivity contribution in [2.24, 2.45) is 0 Å². The SMILES string of the molecule is Nc1ccccc1Nc1cccnc1C(F)(F)F. The highest BCUT2D eigenvalue weighted by Crippen LogP contribution is 2.34. The number of alkyl halides is 3. The van der Waals surface area contributed by atoms with Crippen molar-refractivity contribution in [1.82, 2.24) is 4.98 Å². The van der Waals surface area contributed by atoms with Crippen molar-refractivity contribution >= 4 is 17.1 Å². The van der Waals surface area contributed by atoms with Gasteiger partial charge in [-0.25, -0.2) is 4.98 Å². The molecule has 0 amide bonds. The largest absolute Gasteiger partial charge is 0.435 e. The zero-order chi connectivity index (χ0) is 13.2. The number of halogens is 3. The first-order valence-corrected chi connectivity index (χ1v) is 5.12. The maximum absolute atomic E-state index is 12.7. The van der Waals surface area contributed by atoms with E-state index in [9.17, 15) is 13.2 Å². The molecule has 0 bridgehead atoms. The number of aromatic nitrogens is 1. The molecule has 1 aromatic heterocycles. The van der Waals surface area contributed by atoms with Crippen LogP contribution in [0.5, 0.6) is 0 Å². The predicted octanol–water partition coefficient (Wildman–Crippen LogP) is 3.43. The Morgan fingerprint density at radius 2 is 1.67 bits per heavy atom. The van der Waals surface area contributed by atoms with Gasteiger partial charge in [0.25, 0.3) is 0 Å². The van der Waals surface area contributed by atoms with Crippen LogP contribution < -0.4 is 11.1 Å². The van der Waals surface area contributed by atoms with Crippen LogP contribution in [0.4, 0.5) is 30.2 Å². The van der Waals surface area contributed by atoms with Crippen LogP contribution in [-0.2, 0) is 6.18 Å². The molecule has 1 heterocycles. The Morgan fingerprint density at radius 1 is 1.00 bits per heavy atom. The summed E-state index contributed by atoms with van der Waals surface area (Å²) in [5.41, 5.74) is 5.36. The number of nitrogens with one attached hydrogen (secondary N) is 1. The molecule has 6 heteroatoms. The lowest BCUT2D eigenvalue weighted by Crippen LogP contribution is -2.11. The van der Waals surface area contributed by atoms with Gasteiger partial charge in [-0.05, 0) is 24.3 Å². The van der Waals surface area contributed by atoms with Crippen LogP contribution in [0, 0.1) is 0 Å². The summed E-state index contributed by atoms with van der Waals surface area (Å²) in [7, 11) is 0. The quantitative estimate of drug-likeness (QED) is 0.806. The highest BCUT2D eigenvalue weighted by molar-refractivity contribution is 5.73. The summed E-state index contributed by atoms with van der Waals surface area (Å²) in [5, 5.41) is 2.64. The summed E-state index contributed by atoms with van der Waals surface area (Å²) in [6, 6.07) is 9.32. The molecule has 0 aliphatic carbocycles. The Bertz CT molecular complexity index is 552. The molecule has 0 unspecified atom stereocenters. The highest BCUT2D eigenvalue weighted by Gasteiger charge is 2.35. The van der Waals surface area contributed by atoms with Gasteiger partial charge in [0.05, 0.1) is 17.1 Å². The molecule has 0 fully saturated rings. The zero-order valence-corrected chi connectivity index (χ0v) is 9.20. The molecule has 0 radical (unpaired) electrons. The van der Waals surface area contributed by atoms with E-state index in [0.717, 1.165) is 6.20 Å². The number of para-hydroxylation sites is 2. The molecule has 0 saturated heterocycles. The fourth-order valence-corrected chi connectivity index (χ4v) is 1.49. The molecule has 0 aliphatic rings. The van der Waals surface area contributed by atoms with Crippen LogP contribution in [-0.4, -0.2) is 4.98 Å². The number of hydrogen-bond acceptors (Lipinski definition) is 3. The van der Waals surface area contributed by atoms with Gasteiger partial charge in [0.1, 0.15) is 0 Å². The van der Waals surface area contributed by atoms with Gasteiger partial charge in [0.2, 0.25) is 0 Å². The standard InChI is InChI=1S/C12H10F3N3/c13-12(14,15)11-10(6-3-7-17-11)18-9-5-2-1-4-8(9)16/h1-7,18H,16H2. The molecule has 94 valence electrons. The van der Waals surface area contributed by atoms with Gasteiger partial charge in [-0.3, -0.25) is 0 Å². The smallest absolute Gasteiger partial charge is 0.397 e. The van der Waals surface area contributed by atoms with Crippen molar-refractivity contribution < 1.29 is 13.2 Å². The summed E-state index contributed by atoms with van der Waals surface area (Å²) in [6.45, 7) is 0. The number of hydrogen-bond donors (Lipinski definition) is 2. The highest BCUT2D eigenvalue weighted by atomic mass is 19.4. The summed E-state index contributed by atoms with van der Waals surface area (Å²) in [4.78, 5) is 3.35. The lowest BCUT2D eigenvalue weighted by atomic mass is 10.2. The molecular weight excluding hydrogens is 243 g/mol. The van der Waals surface area contributed by atoms with Gasteiger partial charge in [-0.15, -0.1) is 0 Å². The predicted molar refractivity (Wildman–Crippen MR) is 63.4 cm³/mol. The van der Waals surface area contributed by atoms with Gasteiger partial charge >= 0.3 is 6.18 Å². The molecule has 0 spiro atoms. The van der Waals surface area contributed by atoms with E-state index in [1.165, 1.54) is 12.1 Å². The third-order valence-corrected chi connectivity index (χ3v) is 2.31. The molecule has 3 nitrogen and oxygen atoms in total. The third-order valence-electron chi connectivity index (χ3n) is 2.31. The van der Waals surface area contributed by atoms with Gasteiger partial charge in [0, 0.05) is 6.20 Å². The minimum atomic E-state index is -4.51. The molecule has 3 N–H and O–H groups in total. The Labute approximate surface area is 101 Å². The average Bonchev–Trinajstić information content (AvgIpc) is 2.31. The maximum atomic E-state index is 12.7. The van der Waals surface area contributed by atoms with Gasteiger partial charge in [0.15, 0.2) is 5.69 Å². The summed E-state index contributed by atoms with van der Waals surface area (Å²) < 4.78 is 38.2. The van der Waals surface area contributed by atoms with E-state index in [2.05, 4.69) is 10.3 Å². The fraction of sp³-hybridized carbons (Fsp3) is 0.0833. The van der Waals surface area contributed by atoms with Crippen molar-refractivity contribution in [3.63, 3.8) is 0 Å². The molecule has 18 heavy (non-hydrogen) atoms. The van der Waals surface area contributed by atoms with E-state index in [1.54, 1.807) is 24.3 Å². The minimum absolute atomic E-state index is 0.122. The first kappa shape index (κ1) is 12.2. The monoisotopic (exact) mass is 253 g/mol. The van der Waals surface area contributed by atoms with E-state index in [0.29, 0.717) is 11.4 Å². The van der Waals surface area contributed by atoms with Crippen LogP contribution in [0.3, 0.4) is 0 Å². The van der Waals surface area contributed by atoms with Gasteiger partial charge in [-0.2, -0.15) is 13.2 Å². The minimum Gasteiger partial charge on any atom is -0.397 e. The number of pyridine rings is 1. The lowest BCUT2D eigenvalue weighted by molar-refractivity contribution is -0.140. The van der Waals surface area contributed by atoms with Crippen molar-refractivity contribution in [2.45, 2.75) is 6.18 Å². The first-order chi connectivity index (χ1) is 8.48. The molecular formula is C12H10F3N3. The third kappa shape index (κ3) is 2.53. The Hall–Kier alpha value is -2.24. The summed E-state index contributed by atoms with van der Waals surface area (Å²) in [6.07, 6.45) is -3.41. The summed E-state index contributed by atoms with van der Waals surface area (Å²) >= 11 is 0. The molecule has 0 saturated carbocycles. The van der Waals surface area contributed by atoms with Crippen LogP contribution >= 0.6 is 0 Å². The van der Waals surface area contributed by atoms with Crippen LogP contribution in [0.15, 0.2) is 42.6 Å². The van der Waals surface area contributed by atoms with E-state index < -0.39 is 11.9 Å². The number of nitrogens with two attached hydrogens (primary N) is 1. The van der Waals surface area contributed by atoms with Crippen molar-refractivity contribution in [3.8, 4) is 0 Å². The van der Waals surface area contributed by atoms with Crippen LogP contribution in [0.1, 0.15) is 5.69 Å². The second-order valence-electron chi connectivity index (χ2n) is 3.61.